The van der Waals surface area contributed by atoms with Gasteiger partial charge in [0.15, 0.2) is 5.82 Å². The predicted octanol–water partition coefficient (Wildman–Crippen LogP) is 1.56. The molecule has 0 spiro atoms. The molecule has 2 heterocycles. The number of hydrogen-bond acceptors (Lipinski definition) is 3. The van der Waals surface area contributed by atoms with Crippen LogP contribution in [-0.2, 0) is 11.8 Å². The minimum absolute atomic E-state index is 0.251. The van der Waals surface area contributed by atoms with E-state index in [2.05, 4.69) is 28.9 Å². The molecule has 0 aromatic carbocycles. The first-order chi connectivity index (χ1) is 8.08. The van der Waals surface area contributed by atoms with E-state index < -0.39 is 0 Å². The number of nitrogens with one attached hydrogen (secondary N) is 1. The molecule has 1 saturated heterocycles. The first-order valence-corrected chi connectivity index (χ1v) is 6.66. The summed E-state index contributed by atoms with van der Waals surface area (Å²) in [5.74, 6) is 1.17. The summed E-state index contributed by atoms with van der Waals surface area (Å²) < 4.78 is 0. The third kappa shape index (κ3) is 1.75. The molecule has 1 aromatic rings. The maximum absolute atomic E-state index is 5.98. The number of fused-ring (bicyclic) bond motifs is 1. The summed E-state index contributed by atoms with van der Waals surface area (Å²) in [4.78, 5) is 2.35. The Morgan fingerprint density at radius 3 is 3.00 bits per heavy atom. The zero-order chi connectivity index (χ0) is 12.0. The lowest BCUT2D eigenvalue weighted by molar-refractivity contribution is 0.420. The highest BCUT2D eigenvalue weighted by molar-refractivity contribution is 5.53. The van der Waals surface area contributed by atoms with Crippen LogP contribution in [-0.4, -0.2) is 29.3 Å². The van der Waals surface area contributed by atoms with Gasteiger partial charge in [0, 0.05) is 35.8 Å². The first kappa shape index (κ1) is 11.1. The summed E-state index contributed by atoms with van der Waals surface area (Å²) in [6.45, 7) is 6.63. The molecule has 1 fully saturated rings. The second-order valence-corrected chi connectivity index (χ2v) is 6.13. The molecule has 1 aliphatic heterocycles. The van der Waals surface area contributed by atoms with Gasteiger partial charge in [-0.3, -0.25) is 5.10 Å². The van der Waals surface area contributed by atoms with Gasteiger partial charge in [0.1, 0.15) is 0 Å². The zero-order valence-electron chi connectivity index (χ0n) is 10.8. The van der Waals surface area contributed by atoms with E-state index in [9.17, 15) is 0 Å². The van der Waals surface area contributed by atoms with Gasteiger partial charge in [0.2, 0.25) is 0 Å². The first-order valence-electron chi connectivity index (χ1n) is 6.66. The van der Waals surface area contributed by atoms with Crippen molar-refractivity contribution in [3.8, 4) is 0 Å². The van der Waals surface area contributed by atoms with E-state index in [1.807, 2.05) is 0 Å². The van der Waals surface area contributed by atoms with Crippen molar-refractivity contribution in [2.75, 3.05) is 18.0 Å². The van der Waals surface area contributed by atoms with Crippen LogP contribution >= 0.6 is 0 Å². The normalized spacial score (nSPS) is 27.2. The van der Waals surface area contributed by atoms with Crippen LogP contribution in [0.3, 0.4) is 0 Å². The van der Waals surface area contributed by atoms with Crippen LogP contribution in [0.5, 0.6) is 0 Å². The molecule has 0 radical (unpaired) electrons. The molecule has 4 heteroatoms. The van der Waals surface area contributed by atoms with Crippen LogP contribution in [0.1, 0.15) is 44.4 Å². The van der Waals surface area contributed by atoms with Crippen molar-refractivity contribution in [1.82, 2.24) is 10.2 Å². The third-order valence-corrected chi connectivity index (χ3v) is 4.27. The van der Waals surface area contributed by atoms with E-state index in [1.165, 1.54) is 29.9 Å². The van der Waals surface area contributed by atoms with Gasteiger partial charge in [-0.05, 0) is 25.7 Å². The molecular weight excluding hydrogens is 212 g/mol. The molecule has 94 valence electrons. The summed E-state index contributed by atoms with van der Waals surface area (Å²) in [5, 5.41) is 7.83. The second kappa shape index (κ2) is 3.73. The fourth-order valence-electron chi connectivity index (χ4n) is 3.23. The molecule has 1 unspecified atom stereocenters. The van der Waals surface area contributed by atoms with Crippen molar-refractivity contribution >= 4 is 5.82 Å². The Morgan fingerprint density at radius 1 is 1.47 bits per heavy atom. The largest absolute Gasteiger partial charge is 0.353 e. The molecule has 17 heavy (non-hydrogen) atoms. The number of hydrogen-bond donors (Lipinski definition) is 2. The molecule has 2 aliphatic rings. The maximum atomic E-state index is 5.98. The van der Waals surface area contributed by atoms with Gasteiger partial charge in [0.05, 0.1) is 0 Å². The minimum atomic E-state index is 0.251. The molecule has 0 saturated carbocycles. The molecule has 3 rings (SSSR count). The van der Waals surface area contributed by atoms with Gasteiger partial charge in [-0.25, -0.2) is 0 Å². The summed E-state index contributed by atoms with van der Waals surface area (Å²) in [5.41, 5.74) is 9.02. The third-order valence-electron chi connectivity index (χ3n) is 4.27. The summed E-state index contributed by atoms with van der Waals surface area (Å²) in [6.07, 6.45) is 4.77. The van der Waals surface area contributed by atoms with Gasteiger partial charge >= 0.3 is 0 Å². The minimum Gasteiger partial charge on any atom is -0.353 e. The predicted molar refractivity (Wildman–Crippen MR) is 69.4 cm³/mol. The average Bonchev–Trinajstić information content (AvgIpc) is 2.84. The van der Waals surface area contributed by atoms with Gasteiger partial charge in [0.25, 0.3) is 0 Å². The number of aromatic amines is 1. The highest BCUT2D eigenvalue weighted by Gasteiger charge is 2.34. The fourth-order valence-corrected chi connectivity index (χ4v) is 3.23. The molecular formula is C13H22N4. The summed E-state index contributed by atoms with van der Waals surface area (Å²) >= 11 is 0. The van der Waals surface area contributed by atoms with Crippen molar-refractivity contribution < 1.29 is 0 Å². The van der Waals surface area contributed by atoms with E-state index in [4.69, 9.17) is 5.73 Å². The summed E-state index contributed by atoms with van der Waals surface area (Å²) in [6, 6.07) is 0.318. The monoisotopic (exact) mass is 234 g/mol. The van der Waals surface area contributed by atoms with Gasteiger partial charge in [-0.2, -0.15) is 5.10 Å². The van der Waals surface area contributed by atoms with E-state index >= 15 is 0 Å². The van der Waals surface area contributed by atoms with Crippen LogP contribution in [0.25, 0.3) is 0 Å². The Bertz CT molecular complexity index is 421. The number of anilines is 1. The van der Waals surface area contributed by atoms with Crippen LogP contribution in [0.2, 0.25) is 0 Å². The number of aromatic nitrogens is 2. The Hall–Kier alpha value is -1.03. The second-order valence-electron chi connectivity index (χ2n) is 6.13. The number of H-pyrrole nitrogens is 1. The lowest BCUT2D eigenvalue weighted by atomic mass is 9.76. The molecule has 3 N–H and O–H groups in total. The number of nitrogens with zero attached hydrogens (tertiary/aromatic N) is 2. The maximum Gasteiger partial charge on any atom is 0.153 e. The van der Waals surface area contributed by atoms with E-state index in [-0.39, 0.29) is 5.41 Å². The smallest absolute Gasteiger partial charge is 0.153 e. The van der Waals surface area contributed by atoms with Crippen molar-refractivity contribution in [2.24, 2.45) is 5.73 Å². The van der Waals surface area contributed by atoms with Crippen molar-refractivity contribution in [3.05, 3.63) is 11.3 Å². The Labute approximate surface area is 103 Å². The van der Waals surface area contributed by atoms with Crippen LogP contribution in [0, 0.1) is 0 Å². The number of nitrogens with two attached hydrogens (primary N) is 1. The highest BCUT2D eigenvalue weighted by atomic mass is 15.3. The molecule has 0 bridgehead atoms. The fraction of sp³-hybridized carbons (Fsp3) is 0.769. The molecule has 0 amide bonds. The molecule has 1 atom stereocenters. The SMILES string of the molecule is CC1(C)CCCc2c(N3CCC(N)C3)n[nH]c21. The van der Waals surface area contributed by atoms with Gasteiger partial charge < -0.3 is 10.6 Å². The topological polar surface area (TPSA) is 57.9 Å². The Kier molecular flexibility index (Phi) is 2.43. The van der Waals surface area contributed by atoms with Crippen LogP contribution in [0.4, 0.5) is 5.82 Å². The summed E-state index contributed by atoms with van der Waals surface area (Å²) in [7, 11) is 0. The number of rotatable bonds is 1. The van der Waals surface area contributed by atoms with Crippen molar-refractivity contribution in [2.45, 2.75) is 51.0 Å². The van der Waals surface area contributed by atoms with E-state index in [0.29, 0.717) is 6.04 Å². The highest BCUT2D eigenvalue weighted by Crippen LogP contribution is 2.39. The van der Waals surface area contributed by atoms with Crippen molar-refractivity contribution in [3.63, 3.8) is 0 Å². The molecule has 1 aromatic heterocycles. The molecule has 4 nitrogen and oxygen atoms in total. The van der Waals surface area contributed by atoms with Crippen LogP contribution in [0.15, 0.2) is 0 Å². The quantitative estimate of drug-likeness (QED) is 0.775. The Balaban J connectivity index is 1.95. The van der Waals surface area contributed by atoms with Gasteiger partial charge in [-0.15, -0.1) is 0 Å². The lowest BCUT2D eigenvalue weighted by Crippen LogP contribution is -2.28. The lowest BCUT2D eigenvalue weighted by Gasteiger charge is -2.30. The van der Waals surface area contributed by atoms with Crippen molar-refractivity contribution in [1.29, 1.82) is 0 Å². The van der Waals surface area contributed by atoms with E-state index in [1.54, 1.807) is 0 Å². The van der Waals surface area contributed by atoms with Gasteiger partial charge in [-0.1, -0.05) is 13.8 Å². The van der Waals surface area contributed by atoms with E-state index in [0.717, 1.165) is 25.9 Å². The van der Waals surface area contributed by atoms with Crippen LogP contribution < -0.4 is 10.6 Å². The Morgan fingerprint density at radius 2 is 2.29 bits per heavy atom. The molecule has 1 aliphatic carbocycles. The average molecular weight is 234 g/mol. The standard InChI is InChI=1S/C13H22N4/c1-13(2)6-3-4-10-11(13)15-16-12(10)17-7-5-9(14)8-17/h9H,3-8,14H2,1-2H3,(H,15,16). The zero-order valence-corrected chi connectivity index (χ0v) is 10.8.